The highest BCUT2D eigenvalue weighted by molar-refractivity contribution is 7.46. The van der Waals surface area contributed by atoms with Gasteiger partial charge in [-0.05, 0) is 89.9 Å². The van der Waals surface area contributed by atoms with Crippen LogP contribution in [0, 0.1) is 0 Å². The molecule has 0 bridgehead atoms. The van der Waals surface area contributed by atoms with Gasteiger partial charge in [-0.2, -0.15) is 0 Å². The Kier molecular flexibility index (Phi) is 36.2. The zero-order valence-electron chi connectivity index (χ0n) is 33.4. The van der Waals surface area contributed by atoms with E-state index in [-0.39, 0.29) is 19.4 Å². The molecule has 3 N–H and O–H groups in total. The van der Waals surface area contributed by atoms with E-state index in [0.29, 0.717) is 32.1 Å². The maximum absolute atomic E-state index is 12.4. The van der Waals surface area contributed by atoms with Gasteiger partial charge in [0, 0.05) is 12.8 Å². The first kappa shape index (κ1) is 51.4. The lowest BCUT2D eigenvalue weighted by atomic mass is 10.1. The summed E-state index contributed by atoms with van der Waals surface area (Å²) in [5.41, 5.74) is 0. The Morgan fingerprint density at radius 2 is 1.05 bits per heavy atom. The van der Waals surface area contributed by atoms with Gasteiger partial charge in [-0.1, -0.05) is 142 Å². The van der Waals surface area contributed by atoms with Gasteiger partial charge in [-0.25, -0.2) is 4.57 Å². The largest absolute Gasteiger partial charge is 0.469 e. The predicted octanol–water partition coefficient (Wildman–Crippen LogP) is 11.1. The van der Waals surface area contributed by atoms with Crippen LogP contribution < -0.4 is 0 Å². The van der Waals surface area contributed by atoms with Gasteiger partial charge in [0.2, 0.25) is 0 Å². The second-order valence-electron chi connectivity index (χ2n) is 12.7. The lowest BCUT2D eigenvalue weighted by molar-refractivity contribution is -0.161. The van der Waals surface area contributed by atoms with Crippen molar-refractivity contribution >= 4 is 19.8 Å². The first-order valence-corrected chi connectivity index (χ1v) is 21.5. The third-order valence-electron chi connectivity index (χ3n) is 7.56. The topological polar surface area (TPSA) is 140 Å². The second-order valence-corrected chi connectivity index (χ2v) is 13.9. The minimum Gasteiger partial charge on any atom is -0.462 e. The van der Waals surface area contributed by atoms with Crippen molar-refractivity contribution in [3.8, 4) is 0 Å². The monoisotopic (exact) mass is 784 g/mol. The Hall–Kier alpha value is -3.59. The van der Waals surface area contributed by atoms with Crippen molar-refractivity contribution < 1.29 is 43.0 Å². The summed E-state index contributed by atoms with van der Waals surface area (Å²) in [5.74, 6) is -1.05. The standard InChI is InChI=1S/C45H69O9P/c1-3-5-7-9-11-12-13-14-15-16-17-18-19-20-21-22-27-31-35-39-45(48)54-43(41-53-55(49,50)51)40-52-44(47)38-34-30-26-24-23-25-29-33-37-42(46)36-32-28-10-8-6-4-2/h5-8,11-12,14-15,17-18,20-21,24-26,28-29,32-33,37,42-43,46H,3-4,9-10,13,16,19,22-23,27,30-31,34-36,38-41H2,1-2H3,(H2,49,50,51)/b7-5-,8-6-,12-11-,15-14-,18-17-,21-20-,26-24-,29-25-,32-28-,37-33+/t42?,43-/m1/s1. The molecule has 0 spiro atoms. The van der Waals surface area contributed by atoms with Gasteiger partial charge in [0.1, 0.15) is 6.61 Å². The van der Waals surface area contributed by atoms with Crippen molar-refractivity contribution in [1.29, 1.82) is 0 Å². The van der Waals surface area contributed by atoms with Crippen LogP contribution in [-0.4, -0.2) is 52.3 Å². The molecule has 0 aromatic heterocycles. The first-order chi connectivity index (χ1) is 26.7. The molecular weight excluding hydrogens is 715 g/mol. The van der Waals surface area contributed by atoms with Crippen LogP contribution in [0.5, 0.6) is 0 Å². The van der Waals surface area contributed by atoms with E-state index in [2.05, 4.69) is 91.3 Å². The van der Waals surface area contributed by atoms with Crippen molar-refractivity contribution in [1.82, 2.24) is 0 Å². The first-order valence-electron chi connectivity index (χ1n) is 19.9. The molecule has 55 heavy (non-hydrogen) atoms. The molecule has 0 aromatic carbocycles. The highest BCUT2D eigenvalue weighted by atomic mass is 31.2. The van der Waals surface area contributed by atoms with Crippen LogP contribution in [0.3, 0.4) is 0 Å². The summed E-state index contributed by atoms with van der Waals surface area (Å²) in [6.45, 7) is 3.28. The Balaban J connectivity index is 4.21. The van der Waals surface area contributed by atoms with E-state index in [1.54, 1.807) is 6.08 Å². The van der Waals surface area contributed by atoms with E-state index >= 15 is 0 Å². The fraction of sp³-hybridized carbons (Fsp3) is 0.511. The highest BCUT2D eigenvalue weighted by Crippen LogP contribution is 2.35. The fourth-order valence-corrected chi connectivity index (χ4v) is 4.99. The Bertz CT molecular complexity index is 1310. The smallest absolute Gasteiger partial charge is 0.462 e. The van der Waals surface area contributed by atoms with Crippen LogP contribution in [-0.2, 0) is 28.2 Å². The maximum Gasteiger partial charge on any atom is 0.469 e. The number of allylic oxidation sites excluding steroid dienone is 18. The molecule has 0 fully saturated rings. The molecule has 9 nitrogen and oxygen atoms in total. The molecule has 0 aliphatic carbocycles. The Labute approximate surface area is 331 Å². The molecule has 0 saturated carbocycles. The van der Waals surface area contributed by atoms with Crippen LogP contribution in [0.1, 0.15) is 123 Å². The van der Waals surface area contributed by atoms with Gasteiger partial charge in [0.15, 0.2) is 6.10 Å². The average Bonchev–Trinajstić information content (AvgIpc) is 3.15. The normalized spacial score (nSPS) is 14.3. The molecule has 1 unspecified atom stereocenters. The molecule has 0 heterocycles. The van der Waals surface area contributed by atoms with E-state index in [0.717, 1.165) is 64.2 Å². The van der Waals surface area contributed by atoms with Crippen LogP contribution in [0.4, 0.5) is 0 Å². The fourth-order valence-electron chi connectivity index (χ4n) is 4.63. The number of esters is 2. The van der Waals surface area contributed by atoms with Gasteiger partial charge in [0.05, 0.1) is 12.7 Å². The predicted molar refractivity (Wildman–Crippen MR) is 226 cm³/mol. The van der Waals surface area contributed by atoms with E-state index in [1.165, 1.54) is 0 Å². The maximum atomic E-state index is 12.4. The lowest BCUT2D eigenvalue weighted by Gasteiger charge is -2.18. The van der Waals surface area contributed by atoms with Crippen molar-refractivity contribution in [3.63, 3.8) is 0 Å². The molecule has 0 radical (unpaired) electrons. The molecule has 0 aliphatic rings. The zero-order chi connectivity index (χ0) is 40.5. The number of phosphoric ester groups is 1. The number of unbranched alkanes of at least 4 members (excludes halogenated alkanes) is 4. The molecule has 0 aliphatic heterocycles. The molecule has 0 aromatic rings. The second kappa shape index (κ2) is 38.7. The van der Waals surface area contributed by atoms with Crippen molar-refractivity contribution in [2.45, 2.75) is 135 Å². The minimum atomic E-state index is -4.80. The summed E-state index contributed by atoms with van der Waals surface area (Å²) in [5, 5.41) is 9.97. The molecule has 2 atom stereocenters. The number of carbonyl (C=O) groups excluding carboxylic acids is 2. The highest BCUT2D eigenvalue weighted by Gasteiger charge is 2.22. The van der Waals surface area contributed by atoms with Crippen LogP contribution in [0.25, 0.3) is 0 Å². The number of carbonyl (C=O) groups is 2. The van der Waals surface area contributed by atoms with Crippen LogP contribution >= 0.6 is 7.82 Å². The van der Waals surface area contributed by atoms with Crippen molar-refractivity contribution in [2.24, 2.45) is 0 Å². The van der Waals surface area contributed by atoms with Gasteiger partial charge < -0.3 is 24.4 Å². The lowest BCUT2D eigenvalue weighted by Crippen LogP contribution is -2.29. The van der Waals surface area contributed by atoms with Gasteiger partial charge in [-0.3, -0.25) is 14.1 Å². The summed E-state index contributed by atoms with van der Waals surface area (Å²) >= 11 is 0. The molecule has 308 valence electrons. The van der Waals surface area contributed by atoms with E-state index in [1.807, 2.05) is 42.5 Å². The number of aliphatic hydroxyl groups excluding tert-OH is 1. The van der Waals surface area contributed by atoms with Crippen LogP contribution in [0.2, 0.25) is 0 Å². The number of hydrogen-bond acceptors (Lipinski definition) is 7. The van der Waals surface area contributed by atoms with Gasteiger partial charge >= 0.3 is 19.8 Å². The SMILES string of the molecule is CC/C=C\C/C=C\C/C=C\C/C=C\C/C=C\CCCCCC(=O)O[C@H](COC(=O)CCC/C=C\C/C=C\C=C\C(O)C/C=C\C/C=C\CC)COP(=O)(O)O. The molecular formula is C45H69O9P. The average molecular weight is 785 g/mol. The van der Waals surface area contributed by atoms with Crippen molar-refractivity contribution in [2.75, 3.05) is 13.2 Å². The molecule has 0 saturated heterocycles. The van der Waals surface area contributed by atoms with E-state index in [4.69, 9.17) is 19.3 Å². The number of rotatable bonds is 34. The molecule has 0 rings (SSSR count). The van der Waals surface area contributed by atoms with E-state index < -0.39 is 38.6 Å². The quantitative estimate of drug-likeness (QED) is 0.0191. The number of hydrogen-bond donors (Lipinski definition) is 3. The van der Waals surface area contributed by atoms with Crippen molar-refractivity contribution in [3.05, 3.63) is 122 Å². The number of aliphatic hydroxyl groups is 1. The Morgan fingerprint density at radius 1 is 0.564 bits per heavy atom. The summed E-state index contributed by atoms with van der Waals surface area (Å²) in [4.78, 5) is 42.8. The molecule has 0 amide bonds. The van der Waals surface area contributed by atoms with E-state index in [9.17, 15) is 19.3 Å². The zero-order valence-corrected chi connectivity index (χ0v) is 34.3. The van der Waals surface area contributed by atoms with Crippen LogP contribution in [0.15, 0.2) is 122 Å². The number of phosphoric acid groups is 1. The summed E-state index contributed by atoms with van der Waals surface area (Å²) in [7, 11) is -4.80. The Morgan fingerprint density at radius 3 is 1.62 bits per heavy atom. The third kappa shape index (κ3) is 41.4. The summed E-state index contributed by atoms with van der Waals surface area (Å²) < 4.78 is 26.2. The minimum absolute atomic E-state index is 0.140. The van der Waals surface area contributed by atoms with Gasteiger partial charge in [-0.15, -0.1) is 0 Å². The third-order valence-corrected chi connectivity index (χ3v) is 8.04. The molecule has 10 heteroatoms. The number of ether oxygens (including phenoxy) is 2. The van der Waals surface area contributed by atoms with Gasteiger partial charge in [0.25, 0.3) is 0 Å². The summed E-state index contributed by atoms with van der Waals surface area (Å²) in [6, 6.07) is 0. The summed E-state index contributed by atoms with van der Waals surface area (Å²) in [6.07, 6.45) is 52.4.